The maximum atomic E-state index is 10.1. The zero-order valence-electron chi connectivity index (χ0n) is 57.2. The van der Waals surface area contributed by atoms with Crippen molar-refractivity contribution in [2.45, 2.75) is 105 Å². The van der Waals surface area contributed by atoms with Crippen molar-refractivity contribution >= 4 is 33.2 Å². The van der Waals surface area contributed by atoms with Crippen LogP contribution in [-0.2, 0) is 21.7 Å². The third-order valence-electron chi connectivity index (χ3n) is 18.0. The molecule has 0 fully saturated rings. The third kappa shape index (κ3) is 12.3. The summed E-state index contributed by atoms with van der Waals surface area (Å²) < 4.78 is 2.37. The minimum atomic E-state index is -0.609. The fourth-order valence-electron chi connectivity index (χ4n) is 12.8. The highest BCUT2D eigenvalue weighted by molar-refractivity contribution is 6.25. The predicted octanol–water partition coefficient (Wildman–Crippen LogP) is 20.8. The number of nitrogens with zero attached hydrogens (tertiary/aromatic N) is 12. The van der Waals surface area contributed by atoms with Crippen molar-refractivity contribution in [2.75, 3.05) is 5.01 Å². The maximum absolute atomic E-state index is 10.1. The standard InChI is InChI=1S/C86H72N12/c1-83(2,3)63-39-43-66(44-40-63)97(67-45-41-64(42-46-67)84(4,5)6)98-75-68(47-65(85(7,8)9)48-69(75)81-93-77(59-31-23-53(49-87)24-32-59)91-78(94-81)60-33-25-54(50-88)26-34-60)72-70(57-19-15-13-16-20-57)74(86(10,11)12)71(58-21-17-14-18-22-58)73(76(72)98)82-95-79(61-35-27-55(51-89)28-36-61)92-80(96-82)62-37-29-56(52-90)30-38-62/h13-48H,1-12H3. The third-order valence-corrected chi connectivity index (χ3v) is 18.0. The zero-order valence-corrected chi connectivity index (χ0v) is 57.2. The zero-order chi connectivity index (χ0) is 69.0. The summed E-state index contributed by atoms with van der Waals surface area (Å²) in [5.74, 6) is 2.25. The lowest BCUT2D eigenvalue weighted by molar-refractivity contribution is 0.590. The molecule has 13 rings (SSSR count). The largest absolute Gasteiger partial charge is 0.249 e. The van der Waals surface area contributed by atoms with Gasteiger partial charge in [-0.3, -0.25) is 0 Å². The molecular formula is C86H72N12. The molecule has 0 atom stereocenters. The van der Waals surface area contributed by atoms with E-state index in [4.69, 9.17) is 29.9 Å². The molecular weight excluding hydrogens is 1200 g/mol. The first kappa shape index (κ1) is 64.5. The van der Waals surface area contributed by atoms with Gasteiger partial charge in [-0.25, -0.2) is 39.6 Å². The highest BCUT2D eigenvalue weighted by atomic mass is 15.6. The second-order valence-electron chi connectivity index (χ2n) is 29.0. The van der Waals surface area contributed by atoms with Crippen LogP contribution in [0.3, 0.4) is 0 Å². The van der Waals surface area contributed by atoms with Gasteiger partial charge in [0.15, 0.2) is 34.9 Å². The molecule has 0 aliphatic heterocycles. The number of aromatic nitrogens is 7. The summed E-state index contributed by atoms with van der Waals surface area (Å²) in [6, 6.07) is 81.9. The number of rotatable bonds is 11. The summed E-state index contributed by atoms with van der Waals surface area (Å²) in [5.41, 5.74) is 15.9. The minimum Gasteiger partial charge on any atom is -0.249 e. The second kappa shape index (κ2) is 25.2. The average Bonchev–Trinajstić information content (AvgIpc) is 1.65. The van der Waals surface area contributed by atoms with Crippen molar-refractivity contribution in [2.24, 2.45) is 0 Å². The fraction of sp³-hybridized carbons (Fsp3) is 0.186. The summed E-state index contributed by atoms with van der Waals surface area (Å²) >= 11 is 0. The van der Waals surface area contributed by atoms with Gasteiger partial charge in [-0.2, -0.15) is 21.0 Å². The van der Waals surface area contributed by atoms with Crippen molar-refractivity contribution in [3.8, 4) is 115 Å². The van der Waals surface area contributed by atoms with Gasteiger partial charge in [0, 0.05) is 38.6 Å². The predicted molar refractivity (Wildman–Crippen MR) is 394 cm³/mol. The van der Waals surface area contributed by atoms with Gasteiger partial charge in [-0.1, -0.05) is 168 Å². The smallest absolute Gasteiger partial charge is 0.166 e. The van der Waals surface area contributed by atoms with E-state index in [1.54, 1.807) is 48.5 Å². The van der Waals surface area contributed by atoms with E-state index in [1.165, 1.54) is 0 Å². The number of benzene rings is 10. The Morgan fingerprint density at radius 3 is 0.980 bits per heavy atom. The molecule has 12 nitrogen and oxygen atoms in total. The van der Waals surface area contributed by atoms with E-state index < -0.39 is 10.8 Å². The van der Waals surface area contributed by atoms with E-state index in [1.807, 2.05) is 54.6 Å². The molecule has 0 saturated carbocycles. The highest BCUT2D eigenvalue weighted by Gasteiger charge is 2.38. The molecule has 0 aliphatic rings. The van der Waals surface area contributed by atoms with Gasteiger partial charge in [0.1, 0.15) is 0 Å². The molecule has 0 N–H and O–H groups in total. The molecule has 0 bridgehead atoms. The summed E-state index contributed by atoms with van der Waals surface area (Å²) in [6.45, 7) is 26.9. The van der Waals surface area contributed by atoms with E-state index in [9.17, 15) is 21.0 Å². The Morgan fingerprint density at radius 2 is 0.643 bits per heavy atom. The van der Waals surface area contributed by atoms with Gasteiger partial charge in [0.2, 0.25) is 0 Å². The SMILES string of the molecule is CC(C)(C)c1ccc(N(c2ccc(C(C)(C)C)cc2)n2c3c(-c4nc(-c5ccc(C#N)cc5)nc(-c5ccc(C#N)cc5)n4)cc(C(C)(C)C)cc3c3c(-c4ccccc4)c(C(C)(C)C)c(-c4ccccc4)c(-c4nc(-c5ccc(C#N)cc5)nc(-c5ccc(C#N)cc5)n4)c32)cc1. The van der Waals surface area contributed by atoms with Crippen LogP contribution in [0.15, 0.2) is 218 Å². The van der Waals surface area contributed by atoms with Crippen LogP contribution in [0.1, 0.15) is 128 Å². The highest BCUT2D eigenvalue weighted by Crippen LogP contribution is 2.55. The van der Waals surface area contributed by atoms with Gasteiger partial charge in [-0.05, 0) is 200 Å². The molecule has 0 unspecified atom stereocenters. The number of hydrogen-bond donors (Lipinski definition) is 0. The lowest BCUT2D eigenvalue weighted by Gasteiger charge is -2.33. The molecule has 3 heterocycles. The molecule has 3 aromatic heterocycles. The monoisotopic (exact) mass is 1270 g/mol. The molecule has 0 amide bonds. The van der Waals surface area contributed by atoms with Crippen LogP contribution in [0, 0.1) is 45.3 Å². The first-order valence-corrected chi connectivity index (χ1v) is 32.8. The molecule has 12 heteroatoms. The summed E-state index contributed by atoms with van der Waals surface area (Å²) in [6.07, 6.45) is 0. The van der Waals surface area contributed by atoms with E-state index >= 15 is 0 Å². The number of fused-ring (bicyclic) bond motifs is 3. The van der Waals surface area contributed by atoms with Crippen molar-refractivity contribution in [1.82, 2.24) is 34.6 Å². The van der Waals surface area contributed by atoms with Crippen LogP contribution in [0.4, 0.5) is 11.4 Å². The lowest BCUT2D eigenvalue weighted by atomic mass is 9.73. The Bertz CT molecular complexity index is 5180. The van der Waals surface area contributed by atoms with Gasteiger partial charge < -0.3 is 0 Å². The second-order valence-corrected chi connectivity index (χ2v) is 29.0. The van der Waals surface area contributed by atoms with E-state index in [-0.39, 0.29) is 10.8 Å². The molecule has 10 aromatic carbocycles. The Kier molecular flexibility index (Phi) is 16.6. The first-order chi connectivity index (χ1) is 46.9. The molecule has 0 saturated heterocycles. The summed E-state index contributed by atoms with van der Waals surface area (Å²) in [5, 5.41) is 44.5. The van der Waals surface area contributed by atoms with Crippen LogP contribution in [-0.4, -0.2) is 34.6 Å². The number of anilines is 2. The van der Waals surface area contributed by atoms with Gasteiger partial charge >= 0.3 is 0 Å². The Balaban J connectivity index is 1.35. The van der Waals surface area contributed by atoms with E-state index in [0.717, 1.165) is 77.7 Å². The Morgan fingerprint density at radius 1 is 0.306 bits per heavy atom. The molecule has 476 valence electrons. The fourth-order valence-corrected chi connectivity index (χ4v) is 12.8. The number of nitriles is 4. The summed E-state index contributed by atoms with van der Waals surface area (Å²) in [4.78, 5) is 33.2. The van der Waals surface area contributed by atoms with Crippen LogP contribution in [0.5, 0.6) is 0 Å². The first-order valence-electron chi connectivity index (χ1n) is 32.8. The normalized spacial score (nSPS) is 11.8. The number of hydrogen-bond acceptors (Lipinski definition) is 11. The van der Waals surface area contributed by atoms with E-state index in [0.29, 0.717) is 90.6 Å². The lowest BCUT2D eigenvalue weighted by Crippen LogP contribution is -2.26. The van der Waals surface area contributed by atoms with Gasteiger partial charge in [0.05, 0.1) is 74.5 Å². The molecule has 98 heavy (non-hydrogen) atoms. The van der Waals surface area contributed by atoms with Crippen LogP contribution < -0.4 is 5.01 Å². The van der Waals surface area contributed by atoms with Crippen LogP contribution in [0.25, 0.3) is 112 Å². The van der Waals surface area contributed by atoms with E-state index in [2.05, 4.69) is 232 Å². The van der Waals surface area contributed by atoms with Crippen molar-refractivity contribution in [3.63, 3.8) is 0 Å². The average molecular weight is 1270 g/mol. The van der Waals surface area contributed by atoms with Crippen molar-refractivity contribution < 1.29 is 0 Å². The van der Waals surface area contributed by atoms with Gasteiger partial charge in [-0.15, -0.1) is 0 Å². The van der Waals surface area contributed by atoms with Crippen LogP contribution >= 0.6 is 0 Å². The quantitative estimate of drug-likeness (QED) is 0.120. The molecule has 0 spiro atoms. The molecule has 0 radical (unpaired) electrons. The topological polar surface area (TPSA) is 181 Å². The van der Waals surface area contributed by atoms with Crippen molar-refractivity contribution in [1.29, 1.82) is 21.0 Å². The Labute approximate surface area is 573 Å². The minimum absolute atomic E-state index is 0.192. The maximum Gasteiger partial charge on any atom is 0.166 e. The van der Waals surface area contributed by atoms with Crippen LogP contribution in [0.2, 0.25) is 0 Å². The Hall–Kier alpha value is -12.2. The van der Waals surface area contributed by atoms with Gasteiger partial charge in [0.25, 0.3) is 0 Å². The summed E-state index contributed by atoms with van der Waals surface area (Å²) in [7, 11) is 0. The van der Waals surface area contributed by atoms with Crippen molar-refractivity contribution in [3.05, 3.63) is 263 Å². The molecule has 13 aromatic rings. The molecule has 0 aliphatic carbocycles.